The second-order valence-electron chi connectivity index (χ2n) is 6.49. The Morgan fingerprint density at radius 3 is 2.41 bits per heavy atom. The molecule has 6 nitrogen and oxygen atoms in total. The molecule has 0 atom stereocenters. The van der Waals surface area contributed by atoms with Crippen molar-refractivity contribution in [3.8, 4) is 22.6 Å². The van der Waals surface area contributed by atoms with Crippen LogP contribution in [0.2, 0.25) is 0 Å². The van der Waals surface area contributed by atoms with E-state index >= 15 is 0 Å². The van der Waals surface area contributed by atoms with E-state index < -0.39 is 5.97 Å². The first-order valence-corrected chi connectivity index (χ1v) is 9.14. The van der Waals surface area contributed by atoms with Crippen molar-refractivity contribution in [2.24, 2.45) is 0 Å². The predicted molar refractivity (Wildman–Crippen MR) is 111 cm³/mol. The first-order chi connectivity index (χ1) is 13.9. The second-order valence-corrected chi connectivity index (χ2v) is 6.49. The number of ether oxygens (including phenoxy) is 3. The molecule has 2 aromatic carbocycles. The summed E-state index contributed by atoms with van der Waals surface area (Å²) >= 11 is 0. The van der Waals surface area contributed by atoms with E-state index in [0.29, 0.717) is 29.1 Å². The Bertz CT molecular complexity index is 1110. The van der Waals surface area contributed by atoms with Gasteiger partial charge in [0.1, 0.15) is 23.7 Å². The lowest BCUT2D eigenvalue weighted by molar-refractivity contribution is 0.0492. The summed E-state index contributed by atoms with van der Waals surface area (Å²) in [6, 6.07) is 11.7. The van der Waals surface area contributed by atoms with Gasteiger partial charge in [-0.15, -0.1) is 0 Å². The normalized spacial score (nSPS) is 10.6. The lowest BCUT2D eigenvalue weighted by atomic mass is 10.0. The van der Waals surface area contributed by atoms with Crippen molar-refractivity contribution in [2.75, 3.05) is 20.3 Å². The number of carbonyl (C=O) groups is 1. The van der Waals surface area contributed by atoms with Gasteiger partial charge in [0.2, 0.25) is 11.2 Å². The van der Waals surface area contributed by atoms with Gasteiger partial charge in [0.05, 0.1) is 24.7 Å². The molecule has 0 aliphatic carbocycles. The molecule has 0 amide bonds. The predicted octanol–water partition coefficient (Wildman–Crippen LogP) is 4.60. The molecule has 3 rings (SSSR count). The van der Waals surface area contributed by atoms with Crippen LogP contribution in [0.25, 0.3) is 22.1 Å². The van der Waals surface area contributed by atoms with Gasteiger partial charge in [0, 0.05) is 6.07 Å². The van der Waals surface area contributed by atoms with Crippen molar-refractivity contribution in [2.45, 2.75) is 13.8 Å². The summed E-state index contributed by atoms with van der Waals surface area (Å²) in [6.07, 6.45) is 0. The molecule has 3 aromatic rings. The number of esters is 1. The van der Waals surface area contributed by atoms with Gasteiger partial charge >= 0.3 is 5.97 Å². The number of hydrogen-bond donors (Lipinski definition) is 0. The molecule has 0 aliphatic heterocycles. The van der Waals surface area contributed by atoms with Crippen LogP contribution in [-0.2, 0) is 4.74 Å². The van der Waals surface area contributed by atoms with Crippen LogP contribution < -0.4 is 14.9 Å². The third-order valence-electron chi connectivity index (χ3n) is 4.19. The molecular weight excluding hydrogens is 372 g/mol. The molecule has 0 saturated heterocycles. The molecule has 0 bridgehead atoms. The second kappa shape index (κ2) is 8.65. The molecule has 0 saturated carbocycles. The van der Waals surface area contributed by atoms with Crippen LogP contribution in [0.5, 0.6) is 11.5 Å². The van der Waals surface area contributed by atoms with E-state index in [1.54, 1.807) is 56.5 Å². The van der Waals surface area contributed by atoms with E-state index in [0.717, 1.165) is 5.57 Å². The van der Waals surface area contributed by atoms with Gasteiger partial charge in [-0.05, 0) is 49.2 Å². The van der Waals surface area contributed by atoms with Crippen molar-refractivity contribution in [1.82, 2.24) is 0 Å². The van der Waals surface area contributed by atoms with Crippen LogP contribution in [-0.4, -0.2) is 26.3 Å². The lowest BCUT2D eigenvalue weighted by Crippen LogP contribution is -2.15. The summed E-state index contributed by atoms with van der Waals surface area (Å²) in [6.45, 7) is 7.82. The molecule has 0 aliphatic rings. The van der Waals surface area contributed by atoms with Crippen LogP contribution in [0.3, 0.4) is 0 Å². The molecule has 1 heterocycles. The molecule has 0 fully saturated rings. The van der Waals surface area contributed by atoms with E-state index in [2.05, 4.69) is 6.58 Å². The van der Waals surface area contributed by atoms with E-state index in [9.17, 15) is 9.59 Å². The smallest absolute Gasteiger partial charge is 0.375 e. The number of carbonyl (C=O) groups excluding carboxylic acids is 1. The Morgan fingerprint density at radius 1 is 1.10 bits per heavy atom. The summed E-state index contributed by atoms with van der Waals surface area (Å²) < 4.78 is 21.7. The third kappa shape index (κ3) is 4.32. The number of fused-ring (bicyclic) bond motifs is 1. The van der Waals surface area contributed by atoms with Gasteiger partial charge in [-0.2, -0.15) is 0 Å². The highest BCUT2D eigenvalue weighted by Gasteiger charge is 2.23. The Labute approximate surface area is 168 Å². The maximum absolute atomic E-state index is 13.2. The highest BCUT2D eigenvalue weighted by atomic mass is 16.5. The van der Waals surface area contributed by atoms with Crippen LogP contribution in [0, 0.1) is 0 Å². The molecule has 29 heavy (non-hydrogen) atoms. The zero-order valence-electron chi connectivity index (χ0n) is 16.6. The fourth-order valence-corrected chi connectivity index (χ4v) is 2.83. The number of benzene rings is 2. The highest BCUT2D eigenvalue weighted by Crippen LogP contribution is 2.28. The van der Waals surface area contributed by atoms with Crippen LogP contribution >= 0.6 is 0 Å². The van der Waals surface area contributed by atoms with E-state index in [1.807, 2.05) is 6.92 Å². The van der Waals surface area contributed by atoms with Gasteiger partial charge in [-0.25, -0.2) is 4.79 Å². The zero-order valence-corrected chi connectivity index (χ0v) is 16.6. The topological polar surface area (TPSA) is 75.0 Å². The minimum Gasteiger partial charge on any atom is -0.497 e. The van der Waals surface area contributed by atoms with E-state index in [4.69, 9.17) is 18.6 Å². The van der Waals surface area contributed by atoms with E-state index in [-0.39, 0.29) is 28.9 Å². The summed E-state index contributed by atoms with van der Waals surface area (Å²) in [7, 11) is 1.55. The van der Waals surface area contributed by atoms with Crippen molar-refractivity contribution < 1.29 is 23.4 Å². The zero-order chi connectivity index (χ0) is 21.0. The van der Waals surface area contributed by atoms with Gasteiger partial charge in [0.25, 0.3) is 0 Å². The minimum atomic E-state index is -0.703. The van der Waals surface area contributed by atoms with Gasteiger partial charge in [0.15, 0.2) is 0 Å². The summed E-state index contributed by atoms with van der Waals surface area (Å²) in [5, 5.41) is 0.339. The molecule has 6 heteroatoms. The lowest BCUT2D eigenvalue weighted by Gasteiger charge is -2.11. The average molecular weight is 394 g/mol. The summed E-state index contributed by atoms with van der Waals surface area (Å²) in [4.78, 5) is 25.8. The summed E-state index contributed by atoms with van der Waals surface area (Å²) in [5.41, 5.74) is 1.45. The largest absolute Gasteiger partial charge is 0.497 e. The molecule has 0 N–H and O–H groups in total. The third-order valence-corrected chi connectivity index (χ3v) is 4.19. The SMILES string of the molecule is C=C(C)COc1ccc2c(=O)c(-c3ccc(OC)cc3)c(C(=O)OCC)oc2c1. The van der Waals surface area contributed by atoms with Crippen molar-refractivity contribution >= 4 is 16.9 Å². The van der Waals surface area contributed by atoms with Crippen molar-refractivity contribution in [3.05, 3.63) is 70.6 Å². The Morgan fingerprint density at radius 2 is 1.79 bits per heavy atom. The Balaban J connectivity index is 2.19. The van der Waals surface area contributed by atoms with Crippen molar-refractivity contribution in [1.29, 1.82) is 0 Å². The first-order valence-electron chi connectivity index (χ1n) is 9.14. The fourth-order valence-electron chi connectivity index (χ4n) is 2.83. The molecule has 1 aromatic heterocycles. The quantitative estimate of drug-likeness (QED) is 0.431. The molecule has 150 valence electrons. The molecular formula is C23H22O6. The maximum atomic E-state index is 13.2. The van der Waals surface area contributed by atoms with Crippen LogP contribution in [0.15, 0.2) is 63.8 Å². The monoisotopic (exact) mass is 394 g/mol. The molecule has 0 spiro atoms. The number of methoxy groups -OCH3 is 1. The van der Waals surface area contributed by atoms with E-state index in [1.165, 1.54) is 0 Å². The molecule has 0 unspecified atom stereocenters. The average Bonchev–Trinajstić information content (AvgIpc) is 2.72. The minimum absolute atomic E-state index is 0.147. The Hall–Kier alpha value is -3.54. The van der Waals surface area contributed by atoms with Gasteiger partial charge in [-0.3, -0.25) is 4.79 Å². The highest BCUT2D eigenvalue weighted by molar-refractivity contribution is 5.97. The maximum Gasteiger partial charge on any atom is 0.375 e. The van der Waals surface area contributed by atoms with Gasteiger partial charge < -0.3 is 18.6 Å². The van der Waals surface area contributed by atoms with Crippen LogP contribution in [0.1, 0.15) is 24.4 Å². The molecule has 0 radical (unpaired) electrons. The van der Waals surface area contributed by atoms with Crippen molar-refractivity contribution in [3.63, 3.8) is 0 Å². The number of hydrogen-bond acceptors (Lipinski definition) is 6. The first kappa shape index (κ1) is 20.2. The Kier molecular flexibility index (Phi) is 6.02. The summed E-state index contributed by atoms with van der Waals surface area (Å²) in [5.74, 6) is 0.295. The fraction of sp³-hybridized carbons (Fsp3) is 0.217. The number of rotatable bonds is 7. The van der Waals surface area contributed by atoms with Crippen LogP contribution in [0.4, 0.5) is 0 Å². The standard InChI is InChI=1S/C23H22O6/c1-5-27-23(25)22-20(15-6-8-16(26-4)9-7-15)21(24)18-11-10-17(12-19(18)29-22)28-13-14(2)3/h6-12H,2,5,13H2,1,3-4H3. The van der Waals surface area contributed by atoms with Gasteiger partial charge in [-0.1, -0.05) is 18.7 Å².